The molecule has 2 heterocycles. The summed E-state index contributed by atoms with van der Waals surface area (Å²) in [6.45, 7) is 6.52. The van der Waals surface area contributed by atoms with Gasteiger partial charge in [0.25, 0.3) is 5.92 Å². The molecule has 1 aliphatic rings. The molecule has 0 bridgehead atoms. The van der Waals surface area contributed by atoms with Crippen LogP contribution in [0.15, 0.2) is 24.3 Å². The summed E-state index contributed by atoms with van der Waals surface area (Å²) in [5.41, 5.74) is 7.19. The molecule has 29 heavy (non-hydrogen) atoms. The van der Waals surface area contributed by atoms with Crippen LogP contribution in [0.2, 0.25) is 5.02 Å². The van der Waals surface area contributed by atoms with Crippen molar-refractivity contribution in [3.05, 3.63) is 34.9 Å². The maximum atomic E-state index is 13.7. The third kappa shape index (κ3) is 5.59. The number of halogens is 3. The van der Waals surface area contributed by atoms with Crippen LogP contribution in [0, 0.1) is 5.41 Å². The van der Waals surface area contributed by atoms with Crippen molar-refractivity contribution in [3.63, 3.8) is 0 Å². The van der Waals surface area contributed by atoms with E-state index in [1.807, 2.05) is 39.0 Å². The highest BCUT2D eigenvalue weighted by atomic mass is 35.5. The first-order valence-electron chi connectivity index (χ1n) is 9.44. The molecule has 0 saturated carbocycles. The molecule has 158 valence electrons. The number of nitrogens with two attached hydrogens (primary N) is 1. The number of nitrogen functional groups attached to an aromatic ring is 1. The Hall–Kier alpha value is -2.35. The van der Waals surface area contributed by atoms with E-state index in [1.54, 1.807) is 6.07 Å². The molecule has 0 radical (unpaired) electrons. The summed E-state index contributed by atoms with van der Waals surface area (Å²) in [5, 5.41) is 3.75. The molecular formula is C20H26ClF2N5O. The van der Waals surface area contributed by atoms with Crippen molar-refractivity contribution in [3.8, 4) is 6.01 Å². The van der Waals surface area contributed by atoms with Crippen molar-refractivity contribution in [1.82, 2.24) is 9.97 Å². The standard InChI is InChI=1S/C20H26ClF2N5O/c1-19(2,3)12-29-18-26-16(25-10-13-6-4-5-7-14(13)21)15(24)17(27-18)28-9-8-20(22,23)11-28/h4-7H,8-12,24H2,1-3H3,(H,25,26,27). The van der Waals surface area contributed by atoms with Crippen LogP contribution in [0.1, 0.15) is 32.8 Å². The zero-order valence-corrected chi connectivity index (χ0v) is 17.6. The van der Waals surface area contributed by atoms with E-state index >= 15 is 0 Å². The van der Waals surface area contributed by atoms with E-state index in [1.165, 1.54) is 4.90 Å². The number of nitrogens with one attached hydrogen (secondary N) is 1. The van der Waals surface area contributed by atoms with Crippen LogP contribution in [-0.2, 0) is 6.54 Å². The van der Waals surface area contributed by atoms with E-state index in [0.29, 0.717) is 24.0 Å². The minimum absolute atomic E-state index is 0.0981. The number of rotatable bonds is 6. The molecule has 6 nitrogen and oxygen atoms in total. The SMILES string of the molecule is CC(C)(C)COc1nc(NCc2ccccc2Cl)c(N)c(N2CCC(F)(F)C2)n1. The number of aromatic nitrogens is 2. The van der Waals surface area contributed by atoms with Crippen LogP contribution < -0.4 is 20.7 Å². The van der Waals surface area contributed by atoms with Gasteiger partial charge in [-0.05, 0) is 17.0 Å². The van der Waals surface area contributed by atoms with E-state index < -0.39 is 12.5 Å². The Balaban J connectivity index is 1.88. The van der Waals surface area contributed by atoms with E-state index in [-0.39, 0.29) is 35.9 Å². The van der Waals surface area contributed by atoms with Gasteiger partial charge in [0.05, 0.1) is 13.2 Å². The molecule has 1 aliphatic heterocycles. The minimum Gasteiger partial charge on any atom is -0.463 e. The fourth-order valence-electron chi connectivity index (χ4n) is 2.90. The number of hydrogen-bond acceptors (Lipinski definition) is 6. The molecule has 0 amide bonds. The van der Waals surface area contributed by atoms with Crippen molar-refractivity contribution in [1.29, 1.82) is 0 Å². The smallest absolute Gasteiger partial charge is 0.320 e. The van der Waals surface area contributed by atoms with Gasteiger partial charge in [-0.3, -0.25) is 0 Å². The quantitative estimate of drug-likeness (QED) is 0.704. The van der Waals surface area contributed by atoms with Gasteiger partial charge in [0.15, 0.2) is 11.6 Å². The molecule has 9 heteroatoms. The van der Waals surface area contributed by atoms with Gasteiger partial charge in [-0.15, -0.1) is 0 Å². The first-order chi connectivity index (χ1) is 13.5. The summed E-state index contributed by atoms with van der Waals surface area (Å²) in [6.07, 6.45) is -0.239. The number of alkyl halides is 2. The van der Waals surface area contributed by atoms with Crippen LogP contribution in [0.3, 0.4) is 0 Å². The van der Waals surface area contributed by atoms with E-state index in [4.69, 9.17) is 22.1 Å². The molecule has 3 rings (SSSR count). The lowest BCUT2D eigenvalue weighted by molar-refractivity contribution is 0.0256. The second-order valence-corrected chi connectivity index (χ2v) is 8.82. The van der Waals surface area contributed by atoms with Crippen molar-refractivity contribution >= 4 is 28.9 Å². The summed E-state index contributed by atoms with van der Waals surface area (Å²) in [7, 11) is 0. The largest absolute Gasteiger partial charge is 0.463 e. The Labute approximate surface area is 174 Å². The minimum atomic E-state index is -2.77. The predicted octanol–water partition coefficient (Wildman–Crippen LogP) is 4.59. The van der Waals surface area contributed by atoms with Crippen LogP contribution in [0.5, 0.6) is 6.01 Å². The lowest BCUT2D eigenvalue weighted by Gasteiger charge is -2.23. The molecule has 1 aromatic heterocycles. The Morgan fingerprint density at radius 3 is 2.62 bits per heavy atom. The number of hydrogen-bond donors (Lipinski definition) is 2. The fourth-order valence-corrected chi connectivity index (χ4v) is 3.10. The summed E-state index contributed by atoms with van der Waals surface area (Å²) in [4.78, 5) is 10.2. The van der Waals surface area contributed by atoms with Gasteiger partial charge in [0, 0.05) is 24.5 Å². The van der Waals surface area contributed by atoms with Gasteiger partial charge in [0.1, 0.15) is 5.69 Å². The fraction of sp³-hybridized carbons (Fsp3) is 0.500. The number of benzene rings is 1. The lowest BCUT2D eigenvalue weighted by Crippen LogP contribution is -2.27. The van der Waals surface area contributed by atoms with E-state index in [0.717, 1.165) is 5.56 Å². The summed E-state index contributed by atoms with van der Waals surface area (Å²) in [6, 6.07) is 7.49. The highest BCUT2D eigenvalue weighted by Crippen LogP contribution is 2.36. The molecule has 3 N–H and O–H groups in total. The van der Waals surface area contributed by atoms with Crippen molar-refractivity contribution < 1.29 is 13.5 Å². The van der Waals surface area contributed by atoms with E-state index in [9.17, 15) is 8.78 Å². The zero-order valence-electron chi connectivity index (χ0n) is 16.8. The van der Waals surface area contributed by atoms with Gasteiger partial charge >= 0.3 is 6.01 Å². The number of ether oxygens (including phenoxy) is 1. The average molecular weight is 426 g/mol. The second kappa shape index (κ2) is 8.18. The molecule has 0 spiro atoms. The summed E-state index contributed by atoms with van der Waals surface area (Å²) < 4.78 is 33.2. The third-order valence-electron chi connectivity index (χ3n) is 4.41. The van der Waals surface area contributed by atoms with Gasteiger partial charge in [-0.1, -0.05) is 50.6 Å². The van der Waals surface area contributed by atoms with Gasteiger partial charge in [0.2, 0.25) is 0 Å². The maximum Gasteiger partial charge on any atom is 0.320 e. The van der Waals surface area contributed by atoms with Crippen LogP contribution in [-0.4, -0.2) is 35.6 Å². The Morgan fingerprint density at radius 2 is 2.00 bits per heavy atom. The lowest BCUT2D eigenvalue weighted by atomic mass is 9.99. The molecule has 0 atom stereocenters. The van der Waals surface area contributed by atoms with Crippen molar-refractivity contribution in [2.45, 2.75) is 39.7 Å². The first-order valence-corrected chi connectivity index (χ1v) is 9.82. The normalized spacial score (nSPS) is 16.1. The van der Waals surface area contributed by atoms with Crippen LogP contribution >= 0.6 is 11.6 Å². The first kappa shape index (κ1) is 21.4. The summed E-state index contributed by atoms with van der Waals surface area (Å²) >= 11 is 6.21. The molecular weight excluding hydrogens is 400 g/mol. The van der Waals surface area contributed by atoms with Crippen LogP contribution in [0.4, 0.5) is 26.1 Å². The summed E-state index contributed by atoms with van der Waals surface area (Å²) in [5.74, 6) is -2.19. The topological polar surface area (TPSA) is 76.3 Å². The Bertz CT molecular complexity index is 872. The molecule has 1 saturated heterocycles. The van der Waals surface area contributed by atoms with Crippen molar-refractivity contribution in [2.75, 3.05) is 35.6 Å². The van der Waals surface area contributed by atoms with Crippen molar-refractivity contribution in [2.24, 2.45) is 5.41 Å². The molecule has 1 aromatic carbocycles. The van der Waals surface area contributed by atoms with Gasteiger partial charge in [-0.2, -0.15) is 9.97 Å². The third-order valence-corrected chi connectivity index (χ3v) is 4.78. The van der Waals surface area contributed by atoms with E-state index in [2.05, 4.69) is 15.3 Å². The molecule has 1 fully saturated rings. The average Bonchev–Trinajstić information content (AvgIpc) is 3.00. The van der Waals surface area contributed by atoms with Gasteiger partial charge < -0.3 is 20.7 Å². The maximum absolute atomic E-state index is 13.7. The Kier molecular flexibility index (Phi) is 6.03. The van der Waals surface area contributed by atoms with Gasteiger partial charge in [-0.25, -0.2) is 8.78 Å². The van der Waals surface area contributed by atoms with Crippen LogP contribution in [0.25, 0.3) is 0 Å². The zero-order chi connectivity index (χ0) is 21.2. The number of anilines is 3. The Morgan fingerprint density at radius 1 is 1.28 bits per heavy atom. The highest BCUT2D eigenvalue weighted by Gasteiger charge is 2.40. The number of nitrogens with zero attached hydrogens (tertiary/aromatic N) is 3. The predicted molar refractivity (Wildman–Crippen MR) is 112 cm³/mol. The molecule has 0 unspecified atom stereocenters. The second-order valence-electron chi connectivity index (χ2n) is 8.41. The molecule has 0 aliphatic carbocycles. The monoisotopic (exact) mass is 425 g/mol. The molecule has 2 aromatic rings. The highest BCUT2D eigenvalue weighted by molar-refractivity contribution is 6.31.